The van der Waals surface area contributed by atoms with Crippen molar-refractivity contribution in [1.29, 1.82) is 0 Å². The largest absolute Gasteiger partial charge is 0.416 e. The molecule has 1 aromatic rings. The summed E-state index contributed by atoms with van der Waals surface area (Å²) in [6, 6.07) is 3.07. The van der Waals surface area contributed by atoms with Crippen LogP contribution in [0.1, 0.15) is 22.8 Å². The Morgan fingerprint density at radius 1 is 1.24 bits per heavy atom. The molecule has 0 spiro atoms. The fourth-order valence-electron chi connectivity index (χ4n) is 1.51. The van der Waals surface area contributed by atoms with Gasteiger partial charge < -0.3 is 15.3 Å². The van der Waals surface area contributed by atoms with E-state index in [1.807, 2.05) is 0 Å². The number of halogens is 3. The van der Waals surface area contributed by atoms with Gasteiger partial charge in [-0.05, 0) is 24.1 Å². The molecule has 3 nitrogen and oxygen atoms in total. The maximum Gasteiger partial charge on any atom is 0.416 e. The van der Waals surface area contributed by atoms with Crippen LogP contribution in [0.3, 0.4) is 0 Å². The lowest BCUT2D eigenvalue weighted by Gasteiger charge is -2.18. The molecular weight excluding hydrogens is 237 g/mol. The van der Waals surface area contributed by atoms with Gasteiger partial charge in [0.2, 0.25) is 0 Å². The van der Waals surface area contributed by atoms with Crippen molar-refractivity contribution in [3.63, 3.8) is 0 Å². The average molecular weight is 250 g/mol. The van der Waals surface area contributed by atoms with Gasteiger partial charge in [-0.3, -0.25) is 0 Å². The van der Waals surface area contributed by atoms with Gasteiger partial charge in [0, 0.05) is 0 Å². The van der Waals surface area contributed by atoms with Crippen LogP contribution in [0, 0.1) is 6.92 Å². The SMILES string of the molecule is Cc1cc(C(O)C(O)CO)ccc1C(F)(F)F. The summed E-state index contributed by atoms with van der Waals surface area (Å²) in [7, 11) is 0. The molecule has 1 aromatic carbocycles. The van der Waals surface area contributed by atoms with E-state index in [4.69, 9.17) is 5.11 Å². The van der Waals surface area contributed by atoms with E-state index in [-0.39, 0.29) is 11.1 Å². The first-order valence-electron chi connectivity index (χ1n) is 4.92. The van der Waals surface area contributed by atoms with Crippen LogP contribution < -0.4 is 0 Å². The molecule has 2 atom stereocenters. The Bertz CT molecular complexity index is 390. The molecule has 0 bridgehead atoms. The summed E-state index contributed by atoms with van der Waals surface area (Å²) in [5, 5.41) is 27.3. The first-order valence-corrected chi connectivity index (χ1v) is 4.92. The van der Waals surface area contributed by atoms with Crippen LogP contribution in [0.2, 0.25) is 0 Å². The van der Waals surface area contributed by atoms with Gasteiger partial charge in [0.25, 0.3) is 0 Å². The van der Waals surface area contributed by atoms with Crippen LogP contribution in [-0.4, -0.2) is 28.0 Å². The Kier molecular flexibility index (Phi) is 4.13. The van der Waals surface area contributed by atoms with Crippen molar-refractivity contribution in [3.8, 4) is 0 Å². The van der Waals surface area contributed by atoms with Crippen molar-refractivity contribution in [3.05, 3.63) is 34.9 Å². The van der Waals surface area contributed by atoms with Crippen LogP contribution >= 0.6 is 0 Å². The molecule has 0 radical (unpaired) electrons. The molecule has 2 unspecified atom stereocenters. The number of rotatable bonds is 3. The van der Waals surface area contributed by atoms with Gasteiger partial charge in [0.05, 0.1) is 12.2 Å². The van der Waals surface area contributed by atoms with E-state index in [1.54, 1.807) is 0 Å². The van der Waals surface area contributed by atoms with Crippen molar-refractivity contribution in [2.24, 2.45) is 0 Å². The van der Waals surface area contributed by atoms with Crippen molar-refractivity contribution in [1.82, 2.24) is 0 Å². The van der Waals surface area contributed by atoms with Gasteiger partial charge in [0.15, 0.2) is 0 Å². The Morgan fingerprint density at radius 3 is 2.24 bits per heavy atom. The van der Waals surface area contributed by atoms with Crippen molar-refractivity contribution < 1.29 is 28.5 Å². The minimum absolute atomic E-state index is 0.0424. The molecular formula is C11H13F3O3. The maximum absolute atomic E-state index is 12.5. The highest BCUT2D eigenvalue weighted by Crippen LogP contribution is 2.33. The summed E-state index contributed by atoms with van der Waals surface area (Å²) < 4.78 is 37.4. The summed E-state index contributed by atoms with van der Waals surface area (Å²) in [5.74, 6) is 0. The maximum atomic E-state index is 12.5. The molecule has 0 aliphatic heterocycles. The molecule has 0 saturated carbocycles. The molecule has 0 aromatic heterocycles. The molecule has 6 heteroatoms. The molecule has 0 saturated heterocycles. The first kappa shape index (κ1) is 14.0. The quantitative estimate of drug-likeness (QED) is 0.760. The molecule has 96 valence electrons. The molecule has 3 N–H and O–H groups in total. The molecule has 0 amide bonds. The molecule has 0 aliphatic rings. The number of benzene rings is 1. The van der Waals surface area contributed by atoms with Crippen LogP contribution in [0.5, 0.6) is 0 Å². The van der Waals surface area contributed by atoms with E-state index in [2.05, 4.69) is 0 Å². The summed E-state index contributed by atoms with van der Waals surface area (Å²) >= 11 is 0. The Morgan fingerprint density at radius 2 is 1.82 bits per heavy atom. The van der Waals surface area contributed by atoms with Crippen molar-refractivity contribution >= 4 is 0 Å². The zero-order valence-corrected chi connectivity index (χ0v) is 9.07. The Labute approximate surface area is 96.1 Å². The molecule has 0 fully saturated rings. The van der Waals surface area contributed by atoms with Crippen molar-refractivity contribution in [2.75, 3.05) is 6.61 Å². The van der Waals surface area contributed by atoms with Crippen LogP contribution in [-0.2, 0) is 6.18 Å². The topological polar surface area (TPSA) is 60.7 Å². The van der Waals surface area contributed by atoms with Crippen LogP contribution in [0.25, 0.3) is 0 Å². The predicted octanol–water partition coefficient (Wildman–Crippen LogP) is 1.40. The highest BCUT2D eigenvalue weighted by atomic mass is 19.4. The van der Waals surface area contributed by atoms with Crippen LogP contribution in [0.15, 0.2) is 18.2 Å². The van der Waals surface area contributed by atoms with E-state index >= 15 is 0 Å². The molecule has 1 rings (SSSR count). The minimum atomic E-state index is -4.44. The smallest absolute Gasteiger partial charge is 0.394 e. The van der Waals surface area contributed by atoms with Gasteiger partial charge in [-0.2, -0.15) is 13.2 Å². The van der Waals surface area contributed by atoms with E-state index < -0.39 is 30.6 Å². The Hall–Kier alpha value is -1.11. The summed E-state index contributed by atoms with van der Waals surface area (Å²) in [6.07, 6.45) is -7.25. The second kappa shape index (κ2) is 5.03. The van der Waals surface area contributed by atoms with E-state index in [1.165, 1.54) is 6.92 Å². The number of aliphatic hydroxyl groups excluding tert-OH is 3. The van der Waals surface area contributed by atoms with Crippen molar-refractivity contribution in [2.45, 2.75) is 25.3 Å². The van der Waals surface area contributed by atoms with Crippen LogP contribution in [0.4, 0.5) is 13.2 Å². The third kappa shape index (κ3) is 3.18. The zero-order valence-electron chi connectivity index (χ0n) is 9.07. The average Bonchev–Trinajstić information content (AvgIpc) is 2.25. The summed E-state index contributed by atoms with van der Waals surface area (Å²) in [5.41, 5.74) is -0.692. The lowest BCUT2D eigenvalue weighted by molar-refractivity contribution is -0.138. The number of aryl methyl sites for hydroxylation is 1. The lowest BCUT2D eigenvalue weighted by Crippen LogP contribution is -2.22. The number of alkyl halides is 3. The molecule has 0 aliphatic carbocycles. The fourth-order valence-corrected chi connectivity index (χ4v) is 1.51. The highest BCUT2D eigenvalue weighted by Gasteiger charge is 2.32. The number of hydrogen-bond acceptors (Lipinski definition) is 3. The summed E-state index contributed by atoms with van der Waals surface area (Å²) in [6.45, 7) is 0.603. The van der Waals surface area contributed by atoms with Gasteiger partial charge in [-0.25, -0.2) is 0 Å². The van der Waals surface area contributed by atoms with E-state index in [0.717, 1.165) is 18.2 Å². The predicted molar refractivity (Wildman–Crippen MR) is 54.2 cm³/mol. The third-order valence-electron chi connectivity index (χ3n) is 2.45. The van der Waals surface area contributed by atoms with E-state index in [9.17, 15) is 23.4 Å². The second-order valence-corrected chi connectivity index (χ2v) is 3.77. The standard InChI is InChI=1S/C11H13F3O3/c1-6-4-7(10(17)9(16)5-15)2-3-8(6)11(12,13)14/h2-4,9-10,15-17H,5H2,1H3. The fraction of sp³-hybridized carbons (Fsp3) is 0.455. The van der Waals surface area contributed by atoms with E-state index in [0.29, 0.717) is 0 Å². The molecule has 17 heavy (non-hydrogen) atoms. The van der Waals surface area contributed by atoms with Gasteiger partial charge in [-0.1, -0.05) is 12.1 Å². The number of aliphatic hydroxyl groups is 3. The normalized spacial score (nSPS) is 15.7. The lowest BCUT2D eigenvalue weighted by atomic mass is 9.99. The Balaban J connectivity index is 3.05. The first-order chi connectivity index (χ1) is 7.77. The van der Waals surface area contributed by atoms with Gasteiger partial charge in [0.1, 0.15) is 12.2 Å². The second-order valence-electron chi connectivity index (χ2n) is 3.77. The zero-order chi connectivity index (χ0) is 13.2. The molecule has 0 heterocycles. The monoisotopic (exact) mass is 250 g/mol. The number of hydrogen-bond donors (Lipinski definition) is 3. The third-order valence-corrected chi connectivity index (χ3v) is 2.45. The minimum Gasteiger partial charge on any atom is -0.394 e. The summed E-state index contributed by atoms with van der Waals surface area (Å²) in [4.78, 5) is 0. The van der Waals surface area contributed by atoms with Gasteiger partial charge >= 0.3 is 6.18 Å². The van der Waals surface area contributed by atoms with Gasteiger partial charge in [-0.15, -0.1) is 0 Å². The highest BCUT2D eigenvalue weighted by molar-refractivity contribution is 5.34.